The summed E-state index contributed by atoms with van der Waals surface area (Å²) in [6.07, 6.45) is 1.35. The zero-order valence-corrected chi connectivity index (χ0v) is 14.7. The molecule has 2 heterocycles. The number of aromatic amines is 1. The van der Waals surface area contributed by atoms with Crippen LogP contribution in [0.15, 0.2) is 46.1 Å². The van der Waals surface area contributed by atoms with Gasteiger partial charge < -0.3 is 9.64 Å². The Balaban J connectivity index is 1.51. The molecule has 0 saturated carbocycles. The second-order valence-electron chi connectivity index (χ2n) is 6.24. The number of hydrogen-bond donors (Lipinski definition) is 1. The van der Waals surface area contributed by atoms with Crippen LogP contribution >= 0.6 is 0 Å². The average molecular weight is 358 g/mol. The SMILES string of the molecule is COc1ccc(CN2CCN(C(=O)Cn3ccc(=O)[nH]c3=O)CC2)cc1. The van der Waals surface area contributed by atoms with E-state index < -0.39 is 11.2 Å². The van der Waals surface area contributed by atoms with Crippen molar-refractivity contribution in [1.29, 1.82) is 0 Å². The van der Waals surface area contributed by atoms with Gasteiger partial charge in [-0.05, 0) is 17.7 Å². The van der Waals surface area contributed by atoms with Gasteiger partial charge in [0.1, 0.15) is 12.3 Å². The van der Waals surface area contributed by atoms with Crippen molar-refractivity contribution in [1.82, 2.24) is 19.4 Å². The number of nitrogens with one attached hydrogen (secondary N) is 1. The van der Waals surface area contributed by atoms with E-state index in [-0.39, 0.29) is 12.5 Å². The van der Waals surface area contributed by atoms with Crippen LogP contribution in [0, 0.1) is 0 Å². The van der Waals surface area contributed by atoms with Crippen molar-refractivity contribution in [3.8, 4) is 5.75 Å². The summed E-state index contributed by atoms with van der Waals surface area (Å²) in [6.45, 7) is 3.55. The molecule has 0 unspecified atom stereocenters. The number of aromatic nitrogens is 2. The van der Waals surface area contributed by atoms with E-state index in [4.69, 9.17) is 4.74 Å². The third-order valence-corrected chi connectivity index (χ3v) is 4.49. The predicted molar refractivity (Wildman–Crippen MR) is 96.2 cm³/mol. The van der Waals surface area contributed by atoms with E-state index in [0.29, 0.717) is 13.1 Å². The summed E-state index contributed by atoms with van der Waals surface area (Å²) in [4.78, 5) is 41.3. The molecule has 1 N–H and O–H groups in total. The predicted octanol–water partition coefficient (Wildman–Crippen LogP) is -0.110. The molecule has 138 valence electrons. The van der Waals surface area contributed by atoms with Crippen LogP contribution in [-0.2, 0) is 17.9 Å². The number of carbonyl (C=O) groups is 1. The van der Waals surface area contributed by atoms with Crippen molar-refractivity contribution in [3.63, 3.8) is 0 Å². The molecule has 3 rings (SSSR count). The maximum Gasteiger partial charge on any atom is 0.328 e. The van der Waals surface area contributed by atoms with Gasteiger partial charge in [-0.15, -0.1) is 0 Å². The van der Waals surface area contributed by atoms with E-state index in [1.54, 1.807) is 12.0 Å². The molecule has 0 spiro atoms. The molecule has 26 heavy (non-hydrogen) atoms. The first-order valence-corrected chi connectivity index (χ1v) is 8.48. The van der Waals surface area contributed by atoms with Gasteiger partial charge in [-0.1, -0.05) is 12.1 Å². The summed E-state index contributed by atoms with van der Waals surface area (Å²) in [6, 6.07) is 9.20. The Morgan fingerprint density at radius 3 is 2.38 bits per heavy atom. The molecule has 0 aliphatic carbocycles. The highest BCUT2D eigenvalue weighted by Gasteiger charge is 2.21. The Morgan fingerprint density at radius 2 is 1.77 bits per heavy atom. The van der Waals surface area contributed by atoms with Gasteiger partial charge in [-0.2, -0.15) is 0 Å². The highest BCUT2D eigenvalue weighted by atomic mass is 16.5. The molecule has 1 aromatic heterocycles. The molecule has 0 radical (unpaired) electrons. The maximum atomic E-state index is 12.4. The molecule has 1 aromatic carbocycles. The lowest BCUT2D eigenvalue weighted by atomic mass is 10.2. The number of methoxy groups -OCH3 is 1. The summed E-state index contributed by atoms with van der Waals surface area (Å²) < 4.78 is 6.38. The van der Waals surface area contributed by atoms with Crippen LogP contribution in [0.25, 0.3) is 0 Å². The van der Waals surface area contributed by atoms with Crippen LogP contribution in [0.1, 0.15) is 5.56 Å². The second kappa shape index (κ2) is 8.01. The summed E-state index contributed by atoms with van der Waals surface area (Å²) in [5.74, 6) is 0.713. The third-order valence-electron chi connectivity index (χ3n) is 4.49. The molecule has 0 bridgehead atoms. The molecule has 0 atom stereocenters. The molecule has 1 amide bonds. The molecule has 2 aromatic rings. The molecule has 1 aliphatic heterocycles. The Bertz CT molecular complexity index is 864. The Labute approximate surface area is 150 Å². The minimum absolute atomic E-state index is 0.0614. The monoisotopic (exact) mass is 358 g/mol. The number of hydrogen-bond acceptors (Lipinski definition) is 5. The highest BCUT2D eigenvalue weighted by molar-refractivity contribution is 5.76. The fourth-order valence-electron chi connectivity index (χ4n) is 2.96. The standard InChI is InChI=1S/C18H22N4O4/c1-26-15-4-2-14(3-5-15)12-20-8-10-21(11-9-20)17(24)13-22-7-6-16(23)19-18(22)25/h2-7H,8-13H2,1H3,(H,19,23,25). The van der Waals surface area contributed by atoms with Gasteiger partial charge in [-0.3, -0.25) is 24.0 Å². The van der Waals surface area contributed by atoms with E-state index >= 15 is 0 Å². The summed E-state index contributed by atoms with van der Waals surface area (Å²) in [7, 11) is 1.65. The van der Waals surface area contributed by atoms with E-state index in [9.17, 15) is 14.4 Å². The number of carbonyl (C=O) groups excluding carboxylic acids is 1. The smallest absolute Gasteiger partial charge is 0.328 e. The lowest BCUT2D eigenvalue weighted by molar-refractivity contribution is -0.133. The molecule has 8 nitrogen and oxygen atoms in total. The summed E-state index contributed by atoms with van der Waals surface area (Å²) in [5, 5.41) is 0. The van der Waals surface area contributed by atoms with Crippen LogP contribution in [-0.4, -0.2) is 58.5 Å². The van der Waals surface area contributed by atoms with Crippen LogP contribution in [0.3, 0.4) is 0 Å². The molecule has 1 fully saturated rings. The van der Waals surface area contributed by atoms with Gasteiger partial charge in [-0.25, -0.2) is 4.79 Å². The van der Waals surface area contributed by atoms with Gasteiger partial charge >= 0.3 is 5.69 Å². The van der Waals surface area contributed by atoms with Crippen molar-refractivity contribution in [2.24, 2.45) is 0 Å². The minimum atomic E-state index is -0.566. The lowest BCUT2D eigenvalue weighted by Crippen LogP contribution is -2.49. The van der Waals surface area contributed by atoms with E-state index in [1.807, 2.05) is 24.3 Å². The normalized spacial score (nSPS) is 15.0. The lowest BCUT2D eigenvalue weighted by Gasteiger charge is -2.34. The molecule has 1 aliphatic rings. The summed E-state index contributed by atoms with van der Waals surface area (Å²) in [5.41, 5.74) is 0.167. The van der Waals surface area contributed by atoms with Gasteiger partial charge in [0.2, 0.25) is 5.91 Å². The van der Waals surface area contributed by atoms with E-state index in [0.717, 1.165) is 25.4 Å². The van der Waals surface area contributed by atoms with Crippen LogP contribution in [0.2, 0.25) is 0 Å². The minimum Gasteiger partial charge on any atom is -0.497 e. The topological polar surface area (TPSA) is 87.6 Å². The number of ether oxygens (including phenoxy) is 1. The van der Waals surface area contributed by atoms with E-state index in [2.05, 4.69) is 9.88 Å². The van der Waals surface area contributed by atoms with Crippen LogP contribution < -0.4 is 16.0 Å². The van der Waals surface area contributed by atoms with Gasteiger partial charge in [0, 0.05) is 45.0 Å². The largest absolute Gasteiger partial charge is 0.497 e. The number of benzene rings is 1. The van der Waals surface area contributed by atoms with Gasteiger partial charge in [0.15, 0.2) is 0 Å². The van der Waals surface area contributed by atoms with Crippen LogP contribution in [0.5, 0.6) is 5.75 Å². The molecule has 8 heteroatoms. The number of amides is 1. The van der Waals surface area contributed by atoms with Crippen molar-refractivity contribution in [2.45, 2.75) is 13.1 Å². The maximum absolute atomic E-state index is 12.4. The van der Waals surface area contributed by atoms with Crippen molar-refractivity contribution in [3.05, 3.63) is 62.9 Å². The summed E-state index contributed by atoms with van der Waals surface area (Å²) >= 11 is 0. The first kappa shape index (κ1) is 17.9. The first-order chi connectivity index (χ1) is 12.5. The highest BCUT2D eigenvalue weighted by Crippen LogP contribution is 2.14. The Hall–Kier alpha value is -2.87. The number of H-pyrrole nitrogens is 1. The average Bonchev–Trinajstić information content (AvgIpc) is 2.65. The zero-order chi connectivity index (χ0) is 18.5. The van der Waals surface area contributed by atoms with Gasteiger partial charge in [0.05, 0.1) is 7.11 Å². The fourth-order valence-corrected chi connectivity index (χ4v) is 2.96. The number of piperazine rings is 1. The molecular weight excluding hydrogens is 336 g/mol. The second-order valence-corrected chi connectivity index (χ2v) is 6.24. The van der Waals surface area contributed by atoms with Crippen molar-refractivity contribution in [2.75, 3.05) is 33.3 Å². The van der Waals surface area contributed by atoms with Crippen LogP contribution in [0.4, 0.5) is 0 Å². The first-order valence-electron chi connectivity index (χ1n) is 8.48. The fraction of sp³-hybridized carbons (Fsp3) is 0.389. The molecular formula is C18H22N4O4. The van der Waals surface area contributed by atoms with E-state index in [1.165, 1.54) is 22.4 Å². The Morgan fingerprint density at radius 1 is 1.08 bits per heavy atom. The zero-order valence-electron chi connectivity index (χ0n) is 14.7. The molecule has 1 saturated heterocycles. The Kier molecular flexibility index (Phi) is 5.52. The number of rotatable bonds is 5. The van der Waals surface area contributed by atoms with Crippen molar-refractivity contribution < 1.29 is 9.53 Å². The number of nitrogens with zero attached hydrogens (tertiary/aromatic N) is 3. The van der Waals surface area contributed by atoms with Gasteiger partial charge in [0.25, 0.3) is 5.56 Å². The third kappa shape index (κ3) is 4.40. The van der Waals surface area contributed by atoms with Crippen molar-refractivity contribution >= 4 is 5.91 Å². The quantitative estimate of drug-likeness (QED) is 0.806.